The van der Waals surface area contributed by atoms with Gasteiger partial charge in [0.2, 0.25) is 0 Å². The normalized spacial score (nSPS) is 10.5. The van der Waals surface area contributed by atoms with E-state index in [1.165, 1.54) is 11.3 Å². The third kappa shape index (κ3) is 2.47. The number of anilines is 1. The maximum Gasteiger partial charge on any atom is 0.347 e. The predicted molar refractivity (Wildman–Crippen MR) is 64.6 cm³/mol. The van der Waals surface area contributed by atoms with Crippen molar-refractivity contribution in [3.8, 4) is 0 Å². The van der Waals surface area contributed by atoms with Gasteiger partial charge in [0.15, 0.2) is 5.13 Å². The molecule has 90 valence electrons. The molecule has 1 N–H and O–H groups in total. The standard InChI is InChI=1S/C11H12N2O3S/c1-7-9(10(14)15)17-11(12-7)13(2)5-8-3-4-16-6-8/h3-4,6H,5H2,1-2H3,(H,14,15). The number of carboxylic acids is 1. The highest BCUT2D eigenvalue weighted by molar-refractivity contribution is 7.17. The van der Waals surface area contributed by atoms with E-state index in [1.54, 1.807) is 19.5 Å². The van der Waals surface area contributed by atoms with Crippen LogP contribution in [-0.2, 0) is 6.54 Å². The van der Waals surface area contributed by atoms with Crippen molar-refractivity contribution >= 4 is 22.4 Å². The summed E-state index contributed by atoms with van der Waals surface area (Å²) in [5, 5.41) is 9.65. The van der Waals surface area contributed by atoms with E-state index >= 15 is 0 Å². The summed E-state index contributed by atoms with van der Waals surface area (Å²) in [6.45, 7) is 2.34. The molecule has 0 unspecified atom stereocenters. The molecule has 0 fully saturated rings. The van der Waals surface area contributed by atoms with Gasteiger partial charge in [-0.05, 0) is 13.0 Å². The van der Waals surface area contributed by atoms with Crippen LogP contribution in [0.4, 0.5) is 5.13 Å². The van der Waals surface area contributed by atoms with Gasteiger partial charge in [0.1, 0.15) is 4.88 Å². The van der Waals surface area contributed by atoms with Gasteiger partial charge in [-0.2, -0.15) is 0 Å². The Morgan fingerprint density at radius 3 is 2.94 bits per heavy atom. The number of aromatic carboxylic acids is 1. The maximum absolute atomic E-state index is 10.9. The summed E-state index contributed by atoms with van der Waals surface area (Å²) in [7, 11) is 1.87. The Morgan fingerprint density at radius 1 is 1.65 bits per heavy atom. The lowest BCUT2D eigenvalue weighted by atomic mass is 10.3. The average molecular weight is 252 g/mol. The third-order valence-corrected chi connectivity index (χ3v) is 3.57. The van der Waals surface area contributed by atoms with Gasteiger partial charge in [-0.1, -0.05) is 11.3 Å². The van der Waals surface area contributed by atoms with Crippen molar-refractivity contribution in [1.82, 2.24) is 4.98 Å². The molecule has 0 aromatic carbocycles. The number of carbonyl (C=O) groups is 1. The molecule has 0 radical (unpaired) electrons. The number of aryl methyl sites for hydroxylation is 1. The van der Waals surface area contributed by atoms with Crippen molar-refractivity contribution < 1.29 is 14.3 Å². The number of hydrogen-bond acceptors (Lipinski definition) is 5. The number of aromatic nitrogens is 1. The van der Waals surface area contributed by atoms with E-state index in [0.717, 1.165) is 5.56 Å². The second-order valence-corrected chi connectivity index (χ2v) is 4.68. The zero-order chi connectivity index (χ0) is 12.4. The molecular formula is C11H12N2O3S. The lowest BCUT2D eigenvalue weighted by Gasteiger charge is -2.13. The first kappa shape index (κ1) is 11.7. The summed E-state index contributed by atoms with van der Waals surface area (Å²) < 4.78 is 4.98. The van der Waals surface area contributed by atoms with Crippen LogP contribution in [0.3, 0.4) is 0 Å². The zero-order valence-corrected chi connectivity index (χ0v) is 10.3. The van der Waals surface area contributed by atoms with Crippen LogP contribution in [0.5, 0.6) is 0 Å². The minimum absolute atomic E-state index is 0.291. The minimum Gasteiger partial charge on any atom is -0.477 e. The number of carboxylic acid groups (broad SMARTS) is 1. The van der Waals surface area contributed by atoms with Gasteiger partial charge < -0.3 is 14.4 Å². The molecule has 0 saturated carbocycles. The molecule has 2 aromatic rings. The van der Waals surface area contributed by atoms with Gasteiger partial charge in [0, 0.05) is 19.2 Å². The summed E-state index contributed by atoms with van der Waals surface area (Å²) in [4.78, 5) is 17.3. The first-order chi connectivity index (χ1) is 8.08. The molecule has 5 nitrogen and oxygen atoms in total. The molecule has 0 bridgehead atoms. The first-order valence-electron chi connectivity index (χ1n) is 5.01. The van der Waals surface area contributed by atoms with Crippen LogP contribution in [0.15, 0.2) is 23.0 Å². The first-order valence-corrected chi connectivity index (χ1v) is 5.82. The van der Waals surface area contributed by atoms with Crippen LogP contribution in [0.1, 0.15) is 20.9 Å². The predicted octanol–water partition coefficient (Wildman–Crippen LogP) is 2.38. The Morgan fingerprint density at radius 2 is 2.41 bits per heavy atom. The van der Waals surface area contributed by atoms with Crippen LogP contribution in [-0.4, -0.2) is 23.1 Å². The molecule has 0 amide bonds. The van der Waals surface area contributed by atoms with E-state index in [1.807, 2.05) is 18.0 Å². The quantitative estimate of drug-likeness (QED) is 0.904. The second-order valence-electron chi connectivity index (χ2n) is 3.70. The summed E-state index contributed by atoms with van der Waals surface area (Å²) in [6.07, 6.45) is 3.27. The summed E-state index contributed by atoms with van der Waals surface area (Å²) in [5.74, 6) is -0.928. The molecule has 2 aromatic heterocycles. The average Bonchev–Trinajstić information content (AvgIpc) is 2.86. The van der Waals surface area contributed by atoms with Crippen LogP contribution in [0.2, 0.25) is 0 Å². The highest BCUT2D eigenvalue weighted by Crippen LogP contribution is 2.26. The molecule has 6 heteroatoms. The van der Waals surface area contributed by atoms with Gasteiger partial charge >= 0.3 is 5.97 Å². The highest BCUT2D eigenvalue weighted by Gasteiger charge is 2.16. The Bertz CT molecular complexity index is 519. The molecule has 0 aliphatic heterocycles. The highest BCUT2D eigenvalue weighted by atomic mass is 32.1. The van der Waals surface area contributed by atoms with Crippen LogP contribution in [0.25, 0.3) is 0 Å². The number of rotatable bonds is 4. The van der Waals surface area contributed by atoms with E-state index in [-0.39, 0.29) is 0 Å². The van der Waals surface area contributed by atoms with E-state index in [9.17, 15) is 4.79 Å². The van der Waals surface area contributed by atoms with Crippen molar-refractivity contribution in [3.05, 3.63) is 34.7 Å². The van der Waals surface area contributed by atoms with E-state index in [0.29, 0.717) is 22.2 Å². The summed E-state index contributed by atoms with van der Waals surface area (Å²) in [6, 6.07) is 1.87. The lowest BCUT2D eigenvalue weighted by Crippen LogP contribution is -2.15. The SMILES string of the molecule is Cc1nc(N(C)Cc2ccoc2)sc1C(=O)O. The minimum atomic E-state index is -0.928. The van der Waals surface area contributed by atoms with Crippen molar-refractivity contribution in [3.63, 3.8) is 0 Å². The fraction of sp³-hybridized carbons (Fsp3) is 0.273. The fourth-order valence-electron chi connectivity index (χ4n) is 1.47. The topological polar surface area (TPSA) is 66.6 Å². The molecule has 17 heavy (non-hydrogen) atoms. The van der Waals surface area contributed by atoms with Gasteiger partial charge in [-0.15, -0.1) is 0 Å². The second kappa shape index (κ2) is 4.58. The van der Waals surface area contributed by atoms with Crippen molar-refractivity contribution in [2.45, 2.75) is 13.5 Å². The Balaban J connectivity index is 2.17. The van der Waals surface area contributed by atoms with Gasteiger partial charge in [-0.3, -0.25) is 0 Å². The van der Waals surface area contributed by atoms with Crippen molar-refractivity contribution in [1.29, 1.82) is 0 Å². The third-order valence-electron chi connectivity index (χ3n) is 2.31. The molecule has 0 saturated heterocycles. The molecule has 0 atom stereocenters. The number of hydrogen-bond donors (Lipinski definition) is 1. The van der Waals surface area contributed by atoms with Crippen LogP contribution in [0, 0.1) is 6.92 Å². The summed E-state index contributed by atoms with van der Waals surface area (Å²) in [5.41, 5.74) is 1.58. The molecular weight excluding hydrogens is 240 g/mol. The molecule has 0 spiro atoms. The zero-order valence-electron chi connectivity index (χ0n) is 9.51. The summed E-state index contributed by atoms with van der Waals surface area (Å²) >= 11 is 1.18. The number of thiazole rings is 1. The lowest BCUT2D eigenvalue weighted by molar-refractivity contribution is 0.0701. The smallest absolute Gasteiger partial charge is 0.347 e. The molecule has 0 aliphatic rings. The van der Waals surface area contributed by atoms with Crippen molar-refractivity contribution in [2.24, 2.45) is 0 Å². The van der Waals surface area contributed by atoms with E-state index in [2.05, 4.69) is 4.98 Å². The largest absolute Gasteiger partial charge is 0.477 e. The Labute approximate surface area is 102 Å². The molecule has 2 heterocycles. The Kier molecular flexibility index (Phi) is 3.14. The fourth-order valence-corrected chi connectivity index (χ4v) is 2.33. The monoisotopic (exact) mass is 252 g/mol. The maximum atomic E-state index is 10.9. The Hall–Kier alpha value is -1.82. The molecule has 0 aliphatic carbocycles. The van der Waals surface area contributed by atoms with Gasteiger partial charge in [-0.25, -0.2) is 9.78 Å². The van der Waals surface area contributed by atoms with Gasteiger partial charge in [0.05, 0.1) is 18.2 Å². The van der Waals surface area contributed by atoms with Crippen LogP contribution >= 0.6 is 11.3 Å². The van der Waals surface area contributed by atoms with Gasteiger partial charge in [0.25, 0.3) is 0 Å². The van der Waals surface area contributed by atoms with Crippen LogP contribution < -0.4 is 4.90 Å². The molecule has 2 rings (SSSR count). The van der Waals surface area contributed by atoms with E-state index < -0.39 is 5.97 Å². The van der Waals surface area contributed by atoms with E-state index in [4.69, 9.17) is 9.52 Å². The number of furan rings is 1. The van der Waals surface area contributed by atoms with Crippen molar-refractivity contribution in [2.75, 3.05) is 11.9 Å². The number of nitrogens with zero attached hydrogens (tertiary/aromatic N) is 2.